The third-order valence-electron chi connectivity index (χ3n) is 6.84. The van der Waals surface area contributed by atoms with Crippen molar-refractivity contribution in [1.82, 2.24) is 0 Å². The first-order chi connectivity index (χ1) is 14.1. The molecule has 0 N–H and O–H groups in total. The Bertz CT molecular complexity index is 474. The number of hydrogen-bond acceptors (Lipinski definition) is 4. The van der Waals surface area contributed by atoms with Crippen LogP contribution >= 0.6 is 11.1 Å². The van der Waals surface area contributed by atoms with Crippen LogP contribution in [-0.4, -0.2) is 41.6 Å². The second-order valence-electron chi connectivity index (χ2n) is 10.5. The van der Waals surface area contributed by atoms with Crippen LogP contribution in [0.15, 0.2) is 0 Å². The van der Waals surface area contributed by atoms with Crippen molar-refractivity contribution in [3.05, 3.63) is 0 Å². The summed E-state index contributed by atoms with van der Waals surface area (Å²) in [6, 6.07) is 6.22. The summed E-state index contributed by atoms with van der Waals surface area (Å²) < 4.78 is 28.6. The Morgan fingerprint density at radius 3 is 1.03 bits per heavy atom. The highest BCUT2D eigenvalue weighted by molar-refractivity contribution is 7.20. The smallest absolute Gasteiger partial charge is 0.396 e. The molecule has 0 aliphatic heterocycles. The van der Waals surface area contributed by atoms with Crippen LogP contribution in [0.5, 0.6) is 0 Å². The van der Waals surface area contributed by atoms with Crippen LogP contribution in [0, 0.1) is 0 Å². The Morgan fingerprint density at radius 2 is 0.839 bits per heavy atom. The molecule has 0 saturated heterocycles. The Morgan fingerprint density at radius 1 is 0.548 bits per heavy atom. The highest BCUT2D eigenvalue weighted by Crippen LogP contribution is 2.43. The van der Waals surface area contributed by atoms with Gasteiger partial charge in [-0.05, 0) is 67.0 Å². The van der Waals surface area contributed by atoms with Gasteiger partial charge in [0.05, 0.1) is 0 Å². The van der Waals surface area contributed by atoms with E-state index < -0.39 is 41.6 Å². The molecule has 0 aromatic carbocycles. The highest BCUT2D eigenvalue weighted by atomic mass is 35.6. The molecule has 0 radical (unpaired) electrons. The van der Waals surface area contributed by atoms with Gasteiger partial charge in [-0.25, -0.2) is 0 Å². The lowest BCUT2D eigenvalue weighted by Gasteiger charge is -2.48. The van der Waals surface area contributed by atoms with E-state index in [1.807, 2.05) is 0 Å². The van der Waals surface area contributed by atoms with Gasteiger partial charge < -0.3 is 16.5 Å². The second-order valence-corrected chi connectivity index (χ2v) is 33.5. The SMILES string of the molecule is CC[Si](CC)(CC)O[Si](O[Si](C)(C)C)(O[Si](CC)(CC)CC)O[Si](Cl)(C(C)C)C(C)C. The summed E-state index contributed by atoms with van der Waals surface area (Å²) in [5.41, 5.74) is 0.473. The summed E-state index contributed by atoms with van der Waals surface area (Å²) in [4.78, 5) is 0. The summed E-state index contributed by atoms with van der Waals surface area (Å²) in [6.45, 7) is 28.9. The van der Waals surface area contributed by atoms with Crippen LogP contribution in [0.1, 0.15) is 69.2 Å². The van der Waals surface area contributed by atoms with E-state index in [1.165, 1.54) is 0 Å². The molecule has 0 aliphatic rings. The molecule has 0 unspecified atom stereocenters. The van der Waals surface area contributed by atoms with Crippen LogP contribution in [-0.2, 0) is 16.5 Å². The Hall–Kier alpha value is 1.21. The summed E-state index contributed by atoms with van der Waals surface area (Å²) in [6.07, 6.45) is 0. The zero-order chi connectivity index (χ0) is 24.7. The number of halogens is 1. The summed E-state index contributed by atoms with van der Waals surface area (Å²) in [7, 11) is -12.3. The average molecular weight is 546 g/mol. The lowest BCUT2D eigenvalue weighted by molar-refractivity contribution is 0.142. The normalized spacial score (nSPS) is 14.7. The Balaban J connectivity index is 6.89. The fraction of sp³-hybridized carbons (Fsp3) is 1.00. The molecule has 0 aromatic rings. The van der Waals surface area contributed by atoms with E-state index in [2.05, 4.69) is 88.9 Å². The molecule has 188 valence electrons. The van der Waals surface area contributed by atoms with E-state index in [0.717, 1.165) is 36.3 Å². The van der Waals surface area contributed by atoms with E-state index in [4.69, 9.17) is 27.5 Å². The third-order valence-corrected chi connectivity index (χ3v) is 32.2. The maximum Gasteiger partial charge on any atom is 0.637 e. The van der Waals surface area contributed by atoms with E-state index in [-0.39, 0.29) is 11.1 Å². The number of rotatable bonds is 16. The van der Waals surface area contributed by atoms with Crippen molar-refractivity contribution in [2.45, 2.75) is 136 Å². The molecule has 0 heterocycles. The minimum atomic E-state index is -3.47. The predicted octanol–water partition coefficient (Wildman–Crippen LogP) is 8.83. The van der Waals surface area contributed by atoms with Gasteiger partial charge in [-0.1, -0.05) is 69.2 Å². The van der Waals surface area contributed by atoms with Crippen molar-refractivity contribution in [1.29, 1.82) is 0 Å². The molecule has 0 bridgehead atoms. The molecule has 0 atom stereocenters. The van der Waals surface area contributed by atoms with Gasteiger partial charge in [0, 0.05) is 0 Å². The third kappa shape index (κ3) is 8.74. The maximum absolute atomic E-state index is 7.40. The molecule has 0 aromatic heterocycles. The molecular formula is C21H53ClO4Si5. The van der Waals surface area contributed by atoms with Gasteiger partial charge in [0.2, 0.25) is 0 Å². The van der Waals surface area contributed by atoms with Gasteiger partial charge >= 0.3 is 9.05 Å². The molecule has 0 spiro atoms. The van der Waals surface area contributed by atoms with E-state index in [0.29, 0.717) is 0 Å². The molecule has 31 heavy (non-hydrogen) atoms. The quantitative estimate of drug-likeness (QED) is 0.143. The zero-order valence-corrected chi connectivity index (χ0v) is 28.7. The molecular weight excluding hydrogens is 492 g/mol. The van der Waals surface area contributed by atoms with Crippen LogP contribution in [0.3, 0.4) is 0 Å². The average Bonchev–Trinajstić information content (AvgIpc) is 2.69. The van der Waals surface area contributed by atoms with Crippen molar-refractivity contribution in [2.24, 2.45) is 0 Å². The molecule has 0 fully saturated rings. The van der Waals surface area contributed by atoms with Crippen LogP contribution in [0.4, 0.5) is 0 Å². The lowest BCUT2D eigenvalue weighted by atomic mass is 10.5. The minimum absolute atomic E-state index is 0.236. The molecule has 10 heteroatoms. The number of hydrogen-bond donors (Lipinski definition) is 0. The molecule has 0 amide bonds. The van der Waals surface area contributed by atoms with Crippen LogP contribution in [0.2, 0.25) is 67.0 Å². The van der Waals surface area contributed by atoms with Crippen LogP contribution in [0.25, 0.3) is 0 Å². The van der Waals surface area contributed by atoms with Crippen LogP contribution < -0.4 is 0 Å². The zero-order valence-electron chi connectivity index (χ0n) is 22.9. The van der Waals surface area contributed by atoms with Crippen molar-refractivity contribution in [2.75, 3.05) is 0 Å². The summed E-state index contributed by atoms with van der Waals surface area (Å²) >= 11 is 7.40. The first-order valence-electron chi connectivity index (χ1n) is 12.6. The lowest BCUT2D eigenvalue weighted by Crippen LogP contribution is -2.68. The predicted molar refractivity (Wildman–Crippen MR) is 150 cm³/mol. The fourth-order valence-corrected chi connectivity index (χ4v) is 26.6. The largest absolute Gasteiger partial charge is 0.637 e. The first kappa shape index (κ1) is 32.2. The molecule has 4 nitrogen and oxygen atoms in total. The van der Waals surface area contributed by atoms with E-state index >= 15 is 0 Å². The van der Waals surface area contributed by atoms with Crippen molar-refractivity contribution in [3.63, 3.8) is 0 Å². The standard InChI is InChI=1S/C21H53ClO4Si5/c1-14-28(15-2,16-3)24-31(23-27(11,12)13,25-29(17-4,18-5)19-6)26-30(22,20(7)8)21(9)10/h20-21H,14-19H2,1-13H3. The van der Waals surface area contributed by atoms with Crippen molar-refractivity contribution >= 4 is 52.7 Å². The maximum atomic E-state index is 7.40. The van der Waals surface area contributed by atoms with Crippen molar-refractivity contribution < 1.29 is 16.5 Å². The van der Waals surface area contributed by atoms with E-state index in [9.17, 15) is 0 Å². The van der Waals surface area contributed by atoms with E-state index in [1.54, 1.807) is 0 Å². The minimum Gasteiger partial charge on any atom is -0.396 e. The summed E-state index contributed by atoms with van der Waals surface area (Å²) in [5.74, 6) is 0. The molecule has 0 aliphatic carbocycles. The van der Waals surface area contributed by atoms with Gasteiger partial charge in [0.1, 0.15) is 0 Å². The molecule has 0 rings (SSSR count). The fourth-order valence-electron chi connectivity index (χ4n) is 4.06. The Kier molecular flexibility index (Phi) is 13.3. The van der Waals surface area contributed by atoms with Gasteiger partial charge in [-0.15, -0.1) is 11.1 Å². The monoisotopic (exact) mass is 544 g/mol. The highest BCUT2D eigenvalue weighted by Gasteiger charge is 2.62. The van der Waals surface area contributed by atoms with Gasteiger partial charge in [0.25, 0.3) is 7.63 Å². The first-order valence-corrected chi connectivity index (χ1v) is 25.7. The Labute approximate surface area is 204 Å². The molecule has 0 saturated carbocycles. The van der Waals surface area contributed by atoms with Crippen molar-refractivity contribution in [3.8, 4) is 0 Å². The summed E-state index contributed by atoms with van der Waals surface area (Å²) in [5, 5.41) is 0. The van der Waals surface area contributed by atoms with Gasteiger partial charge in [-0.3, -0.25) is 0 Å². The van der Waals surface area contributed by atoms with Gasteiger partial charge in [0.15, 0.2) is 25.0 Å². The topological polar surface area (TPSA) is 36.9 Å². The second kappa shape index (κ2) is 12.8. The van der Waals surface area contributed by atoms with Gasteiger partial charge in [-0.2, -0.15) is 0 Å².